The van der Waals surface area contributed by atoms with Gasteiger partial charge in [-0.15, -0.1) is 0 Å². The first-order valence-electron chi connectivity index (χ1n) is 26.9. The molecule has 0 radical (unpaired) electrons. The highest BCUT2D eigenvalue weighted by molar-refractivity contribution is 7.99. The Morgan fingerprint density at radius 2 is 0.744 bits per heavy atom. The van der Waals surface area contributed by atoms with Gasteiger partial charge < -0.3 is 14.2 Å². The van der Waals surface area contributed by atoms with Crippen molar-refractivity contribution in [1.82, 2.24) is 0 Å². The summed E-state index contributed by atoms with van der Waals surface area (Å²) in [6.07, 6.45) is 0. The number of para-hydroxylation sites is 3. The highest BCUT2D eigenvalue weighted by Crippen LogP contribution is 2.66. The fourth-order valence-electron chi connectivity index (χ4n) is 14.5. The third-order valence-corrected chi connectivity index (χ3v) is 18.5. The van der Waals surface area contributed by atoms with Crippen molar-refractivity contribution in [2.24, 2.45) is 0 Å². The molecule has 2 heterocycles. The quantitative estimate of drug-likeness (QED) is 0.165. The van der Waals surface area contributed by atoms with E-state index in [1.807, 2.05) is 11.8 Å². The molecule has 4 aliphatic rings. The summed E-state index contributed by atoms with van der Waals surface area (Å²) in [5, 5.41) is 2.09. The van der Waals surface area contributed by atoms with Crippen molar-refractivity contribution in [1.29, 1.82) is 0 Å². The predicted molar refractivity (Wildman–Crippen MR) is 321 cm³/mol. The van der Waals surface area contributed by atoms with Crippen molar-refractivity contribution in [3.05, 3.63) is 324 Å². The summed E-state index contributed by atoms with van der Waals surface area (Å²) in [5.41, 5.74) is 25.1. The molecule has 0 saturated carbocycles. The molecular weight excluding hydrogens is 965 g/mol. The normalized spacial score (nSPS) is 14.1. The van der Waals surface area contributed by atoms with Gasteiger partial charge in [-0.3, -0.25) is 0 Å². The molecule has 0 saturated heterocycles. The van der Waals surface area contributed by atoms with E-state index in [0.29, 0.717) is 0 Å². The maximum atomic E-state index is 7.36. The lowest BCUT2D eigenvalue weighted by Gasteiger charge is -2.40. The summed E-state index contributed by atoms with van der Waals surface area (Å²) >= 11 is 1.88. The smallest absolute Gasteiger partial charge is 0.159 e. The van der Waals surface area contributed by atoms with Crippen molar-refractivity contribution >= 4 is 67.8 Å². The summed E-state index contributed by atoms with van der Waals surface area (Å²) < 4.78 is 7.36. The van der Waals surface area contributed by atoms with Crippen LogP contribution >= 0.6 is 11.8 Å². The average Bonchev–Trinajstić information content (AvgIpc) is 3.35. The van der Waals surface area contributed by atoms with E-state index < -0.39 is 10.8 Å². The van der Waals surface area contributed by atoms with Gasteiger partial charge in [-0.25, -0.2) is 0 Å². The van der Waals surface area contributed by atoms with Gasteiger partial charge in [-0.2, -0.15) is 0 Å². The van der Waals surface area contributed by atoms with E-state index in [9.17, 15) is 0 Å². The summed E-state index contributed by atoms with van der Waals surface area (Å²) in [7, 11) is 0. The van der Waals surface area contributed by atoms with Crippen molar-refractivity contribution in [2.75, 3.05) is 9.80 Å². The van der Waals surface area contributed by atoms with Crippen LogP contribution in [0.2, 0.25) is 0 Å². The van der Waals surface area contributed by atoms with Gasteiger partial charge in [0.1, 0.15) is 5.58 Å². The predicted octanol–water partition coefficient (Wildman–Crippen LogP) is 19.7. The average molecular weight is 1010 g/mol. The number of fused-ring (bicyclic) bond motifs is 22. The largest absolute Gasteiger partial charge is 0.454 e. The standard InChI is InChI=1S/C74H46N2OS/c1-3-22-47(23-4-1)75(49-44-45-69-63(46-49)74(61-37-17-18-43-68(61)78-69)58-34-14-9-28-52(58)53-29-10-15-35-59(53)74)65-40-21-42-67-71(65)55-31-19-41-66(72(55)77-67)76(48-24-5-2-6-25-48)64-39-20-38-62-70(64)54-30-11-16-36-60(54)73(62)56-32-12-7-26-50(56)51-27-8-13-33-57(51)73/h1-46H. The van der Waals surface area contributed by atoms with E-state index in [1.54, 1.807) is 0 Å². The lowest BCUT2D eigenvalue weighted by Crippen LogP contribution is -2.32. The molecule has 17 rings (SSSR count). The Morgan fingerprint density at radius 3 is 1.37 bits per heavy atom. The zero-order valence-corrected chi connectivity index (χ0v) is 43.1. The monoisotopic (exact) mass is 1010 g/mol. The molecule has 0 bridgehead atoms. The van der Waals surface area contributed by atoms with Crippen LogP contribution in [0, 0.1) is 0 Å². The Hall–Kier alpha value is -9.61. The summed E-state index contributed by atoms with van der Waals surface area (Å²) in [5.74, 6) is 0. The molecule has 1 aromatic heterocycles. The number of nitrogens with zero attached hydrogens (tertiary/aromatic N) is 2. The molecule has 0 fully saturated rings. The Labute approximate surface area is 457 Å². The third-order valence-electron chi connectivity index (χ3n) is 17.3. The first-order valence-corrected chi connectivity index (χ1v) is 27.7. The van der Waals surface area contributed by atoms with Crippen LogP contribution in [0.15, 0.2) is 293 Å². The van der Waals surface area contributed by atoms with Gasteiger partial charge in [0.05, 0.1) is 33.3 Å². The summed E-state index contributed by atoms with van der Waals surface area (Å²) in [6.45, 7) is 0. The molecule has 78 heavy (non-hydrogen) atoms. The minimum atomic E-state index is -0.519. The van der Waals surface area contributed by atoms with Gasteiger partial charge >= 0.3 is 0 Å². The van der Waals surface area contributed by atoms with Crippen LogP contribution in [0.3, 0.4) is 0 Å². The van der Waals surface area contributed by atoms with Crippen LogP contribution < -0.4 is 9.80 Å². The second kappa shape index (κ2) is 16.4. The number of benzene rings is 12. The van der Waals surface area contributed by atoms with Crippen LogP contribution in [0.1, 0.15) is 44.5 Å². The molecule has 3 nitrogen and oxygen atoms in total. The van der Waals surface area contributed by atoms with Gasteiger partial charge in [-0.05, 0) is 145 Å². The minimum Gasteiger partial charge on any atom is -0.454 e. The van der Waals surface area contributed by atoms with E-state index in [1.165, 1.54) is 87.7 Å². The van der Waals surface area contributed by atoms with E-state index >= 15 is 0 Å². The van der Waals surface area contributed by atoms with E-state index in [4.69, 9.17) is 4.42 Å². The number of anilines is 6. The number of rotatable bonds is 6. The first kappa shape index (κ1) is 43.6. The van der Waals surface area contributed by atoms with Crippen molar-refractivity contribution < 1.29 is 4.42 Å². The molecule has 364 valence electrons. The van der Waals surface area contributed by atoms with Crippen LogP contribution in [0.25, 0.3) is 55.3 Å². The van der Waals surface area contributed by atoms with Crippen molar-refractivity contribution in [2.45, 2.75) is 20.6 Å². The lowest BCUT2D eigenvalue weighted by atomic mass is 9.67. The van der Waals surface area contributed by atoms with Crippen LogP contribution in [-0.4, -0.2) is 0 Å². The van der Waals surface area contributed by atoms with Crippen molar-refractivity contribution in [3.63, 3.8) is 0 Å². The number of hydrogen-bond acceptors (Lipinski definition) is 4. The second-order valence-corrected chi connectivity index (χ2v) is 22.0. The molecule has 0 unspecified atom stereocenters. The summed E-state index contributed by atoms with van der Waals surface area (Å²) in [4.78, 5) is 7.44. The van der Waals surface area contributed by atoms with Crippen LogP contribution in [0.4, 0.5) is 34.1 Å². The molecule has 3 aliphatic carbocycles. The Morgan fingerprint density at radius 1 is 0.295 bits per heavy atom. The maximum Gasteiger partial charge on any atom is 0.159 e. The third kappa shape index (κ3) is 5.69. The fourth-order valence-corrected chi connectivity index (χ4v) is 15.6. The molecule has 13 aromatic rings. The fraction of sp³-hybridized carbons (Fsp3) is 0.0270. The molecule has 0 amide bonds. The number of hydrogen-bond donors (Lipinski definition) is 0. The maximum absolute atomic E-state index is 7.36. The zero-order valence-electron chi connectivity index (χ0n) is 42.3. The minimum absolute atomic E-state index is 0.485. The lowest BCUT2D eigenvalue weighted by molar-refractivity contribution is 0.669. The highest BCUT2D eigenvalue weighted by atomic mass is 32.2. The Balaban J connectivity index is 0.892. The zero-order chi connectivity index (χ0) is 51.1. The molecule has 0 atom stereocenters. The van der Waals surface area contributed by atoms with Gasteiger partial charge in [0.25, 0.3) is 0 Å². The van der Waals surface area contributed by atoms with Gasteiger partial charge in [0.15, 0.2) is 5.58 Å². The van der Waals surface area contributed by atoms with Crippen LogP contribution in [0.5, 0.6) is 0 Å². The summed E-state index contributed by atoms with van der Waals surface area (Å²) in [6, 6.07) is 103. The van der Waals surface area contributed by atoms with E-state index in [0.717, 1.165) is 56.1 Å². The van der Waals surface area contributed by atoms with Gasteiger partial charge in [-0.1, -0.05) is 218 Å². The first-order chi connectivity index (χ1) is 38.7. The molecule has 12 aromatic carbocycles. The van der Waals surface area contributed by atoms with Crippen molar-refractivity contribution in [3.8, 4) is 33.4 Å². The van der Waals surface area contributed by atoms with E-state index in [-0.39, 0.29) is 0 Å². The highest BCUT2D eigenvalue weighted by Gasteiger charge is 2.53. The Kier molecular flexibility index (Phi) is 9.20. The van der Waals surface area contributed by atoms with Crippen LogP contribution in [-0.2, 0) is 10.8 Å². The SMILES string of the molecule is c1ccc(N(c2cccc3c2-c2ccccc2C32c3ccccc3-c3ccccc32)c2cccc3c2oc2cccc(N(c4ccccc4)c4ccc5c(c4)C4(c6ccccc6S5)c5ccccc5-c5ccccc54)c23)cc1. The molecule has 0 N–H and O–H groups in total. The Bertz CT molecular complexity index is 4540. The molecule has 4 heteroatoms. The molecule has 1 aliphatic heterocycles. The van der Waals surface area contributed by atoms with Gasteiger partial charge in [0, 0.05) is 37.8 Å². The van der Waals surface area contributed by atoms with E-state index in [2.05, 4.69) is 289 Å². The second-order valence-electron chi connectivity index (χ2n) is 21.0. The molecule has 2 spiro atoms. The molecular formula is C74H46N2OS. The number of furan rings is 1. The van der Waals surface area contributed by atoms with Gasteiger partial charge in [0.2, 0.25) is 0 Å². The topological polar surface area (TPSA) is 19.6 Å².